The fraction of sp³-hybridized carbons (Fsp3) is 0.0769. The summed E-state index contributed by atoms with van der Waals surface area (Å²) < 4.78 is 92.8. The number of halogens is 7. The average molecular weight is 306 g/mol. The fourth-order valence-electron chi connectivity index (χ4n) is 1.91. The predicted octanol–water partition coefficient (Wildman–Crippen LogP) is 2.36. The summed E-state index contributed by atoms with van der Waals surface area (Å²) in [7, 11) is -0.885. The summed E-state index contributed by atoms with van der Waals surface area (Å²) in [6.45, 7) is 1.01. The lowest BCUT2D eigenvalue weighted by atomic mass is 9.61. The van der Waals surface area contributed by atoms with Crippen LogP contribution in [0.1, 0.15) is 5.56 Å². The summed E-state index contributed by atoms with van der Waals surface area (Å²) in [5.74, 6) is -11.0. The summed E-state index contributed by atoms with van der Waals surface area (Å²) in [4.78, 5) is 0. The fourth-order valence-corrected chi connectivity index (χ4v) is 1.91. The second kappa shape index (κ2) is 5.42. The lowest BCUT2D eigenvalue weighted by Crippen LogP contribution is -2.37. The number of hydrogen-bond donors (Lipinski definition) is 0. The molecule has 0 aromatic heterocycles. The third kappa shape index (κ3) is 2.62. The third-order valence-electron chi connectivity index (χ3n) is 3.10. The first kappa shape index (κ1) is 15.4. The molecular weight excluding hydrogens is 300 g/mol. The van der Waals surface area contributed by atoms with E-state index >= 15 is 0 Å². The van der Waals surface area contributed by atoms with Crippen molar-refractivity contribution in [3.63, 3.8) is 0 Å². The standard InChI is InChI=1S/C13H6BF7/c1-4-9(5(15)2-7(17)11(4)19)14-10-6(16)3-8(18)12(20)13(10)21/h2-3,14H,1H3. The molecule has 2 rings (SSSR count). The Bertz CT molecular complexity index is 666. The van der Waals surface area contributed by atoms with Gasteiger partial charge >= 0.3 is 0 Å². The molecule has 0 fully saturated rings. The topological polar surface area (TPSA) is 0 Å². The first-order valence-corrected chi connectivity index (χ1v) is 5.68. The molecule has 0 radical (unpaired) electrons. The minimum absolute atomic E-state index is 0.0981. The van der Waals surface area contributed by atoms with Gasteiger partial charge in [0, 0.05) is 12.1 Å². The molecule has 0 aliphatic heterocycles. The van der Waals surface area contributed by atoms with Crippen LogP contribution in [0.25, 0.3) is 0 Å². The Hall–Kier alpha value is -1.99. The molecule has 0 saturated carbocycles. The second-order valence-corrected chi connectivity index (χ2v) is 4.38. The molecule has 8 heteroatoms. The van der Waals surface area contributed by atoms with Gasteiger partial charge < -0.3 is 0 Å². The van der Waals surface area contributed by atoms with Crippen LogP contribution >= 0.6 is 0 Å². The summed E-state index contributed by atoms with van der Waals surface area (Å²) in [5, 5.41) is 0. The normalized spacial score (nSPS) is 10.9. The van der Waals surface area contributed by atoms with Crippen LogP contribution in [-0.4, -0.2) is 7.28 Å². The molecule has 0 heterocycles. The van der Waals surface area contributed by atoms with Crippen LogP contribution in [0.3, 0.4) is 0 Å². The Labute approximate surface area is 115 Å². The zero-order valence-corrected chi connectivity index (χ0v) is 10.5. The zero-order chi connectivity index (χ0) is 15.9. The van der Waals surface area contributed by atoms with Gasteiger partial charge in [-0.2, -0.15) is 0 Å². The van der Waals surface area contributed by atoms with E-state index in [2.05, 4.69) is 0 Å². The number of hydrogen-bond acceptors (Lipinski definition) is 0. The first-order valence-electron chi connectivity index (χ1n) is 5.68. The van der Waals surface area contributed by atoms with Gasteiger partial charge in [-0.1, -0.05) is 0 Å². The smallest absolute Gasteiger partial charge is 0.204 e. The van der Waals surface area contributed by atoms with E-state index in [-0.39, 0.29) is 12.1 Å². The lowest BCUT2D eigenvalue weighted by Gasteiger charge is -2.10. The molecule has 0 bridgehead atoms. The molecule has 0 nitrogen and oxygen atoms in total. The van der Waals surface area contributed by atoms with Gasteiger partial charge in [0.05, 0.1) is 0 Å². The van der Waals surface area contributed by atoms with Crippen molar-refractivity contribution in [2.45, 2.75) is 6.92 Å². The molecule has 0 amide bonds. The molecule has 0 atom stereocenters. The van der Waals surface area contributed by atoms with Gasteiger partial charge in [0.15, 0.2) is 29.1 Å². The van der Waals surface area contributed by atoms with Crippen molar-refractivity contribution in [3.05, 3.63) is 58.4 Å². The summed E-state index contributed by atoms with van der Waals surface area (Å²) in [5.41, 5.74) is -2.02. The highest BCUT2D eigenvalue weighted by molar-refractivity contribution is 6.68. The van der Waals surface area contributed by atoms with Crippen molar-refractivity contribution in [1.29, 1.82) is 0 Å². The Kier molecular flexibility index (Phi) is 3.98. The van der Waals surface area contributed by atoms with Crippen molar-refractivity contribution in [2.24, 2.45) is 0 Å². The summed E-state index contributed by atoms with van der Waals surface area (Å²) in [6, 6.07) is 0.314. The molecule has 0 aliphatic carbocycles. The van der Waals surface area contributed by atoms with Crippen LogP contribution in [0, 0.1) is 47.6 Å². The molecule has 0 spiro atoms. The zero-order valence-electron chi connectivity index (χ0n) is 10.5. The van der Waals surface area contributed by atoms with Crippen LogP contribution in [0.2, 0.25) is 0 Å². The van der Waals surface area contributed by atoms with Crippen molar-refractivity contribution < 1.29 is 30.7 Å². The maximum atomic E-state index is 13.6. The van der Waals surface area contributed by atoms with Gasteiger partial charge in [-0.15, -0.1) is 0 Å². The number of rotatable bonds is 2. The Morgan fingerprint density at radius 3 is 1.67 bits per heavy atom. The third-order valence-corrected chi connectivity index (χ3v) is 3.10. The minimum Gasteiger partial charge on any atom is -0.207 e. The molecule has 21 heavy (non-hydrogen) atoms. The quantitative estimate of drug-likeness (QED) is 0.346. The van der Waals surface area contributed by atoms with Gasteiger partial charge in [-0.25, -0.2) is 30.7 Å². The average Bonchev–Trinajstić information content (AvgIpc) is 2.42. The molecule has 0 unspecified atom stereocenters. The first-order chi connectivity index (χ1) is 9.73. The SMILES string of the molecule is Cc1c(F)c(F)cc(F)c1Bc1c(F)cc(F)c(F)c1F. The van der Waals surface area contributed by atoms with E-state index in [1.165, 1.54) is 0 Å². The highest BCUT2D eigenvalue weighted by Gasteiger charge is 2.23. The Balaban J connectivity index is 2.59. The van der Waals surface area contributed by atoms with Gasteiger partial charge in [0.25, 0.3) is 0 Å². The van der Waals surface area contributed by atoms with Crippen LogP contribution in [0.5, 0.6) is 0 Å². The monoisotopic (exact) mass is 306 g/mol. The van der Waals surface area contributed by atoms with E-state index in [0.717, 1.165) is 6.92 Å². The molecule has 110 valence electrons. The second-order valence-electron chi connectivity index (χ2n) is 4.38. The van der Waals surface area contributed by atoms with E-state index in [1.807, 2.05) is 0 Å². The maximum absolute atomic E-state index is 13.6. The lowest BCUT2D eigenvalue weighted by molar-refractivity contribution is 0.440. The van der Waals surface area contributed by atoms with E-state index in [9.17, 15) is 30.7 Å². The predicted molar refractivity (Wildman–Crippen MR) is 63.7 cm³/mol. The van der Waals surface area contributed by atoms with Crippen molar-refractivity contribution >= 4 is 18.2 Å². The van der Waals surface area contributed by atoms with E-state index in [0.29, 0.717) is 0 Å². The van der Waals surface area contributed by atoms with Crippen LogP contribution in [0.15, 0.2) is 12.1 Å². The summed E-state index contributed by atoms with van der Waals surface area (Å²) in [6.07, 6.45) is 0. The maximum Gasteiger partial charge on any atom is 0.204 e. The van der Waals surface area contributed by atoms with Crippen LogP contribution in [-0.2, 0) is 0 Å². The molecule has 2 aromatic rings. The van der Waals surface area contributed by atoms with Crippen LogP contribution < -0.4 is 10.9 Å². The van der Waals surface area contributed by atoms with Crippen molar-refractivity contribution in [2.75, 3.05) is 0 Å². The Morgan fingerprint density at radius 2 is 1.10 bits per heavy atom. The summed E-state index contributed by atoms with van der Waals surface area (Å²) >= 11 is 0. The molecule has 0 N–H and O–H groups in total. The van der Waals surface area contributed by atoms with E-state index < -0.39 is 64.5 Å². The molecule has 2 aromatic carbocycles. The largest absolute Gasteiger partial charge is 0.207 e. The van der Waals surface area contributed by atoms with Gasteiger partial charge in [0.2, 0.25) is 7.28 Å². The Morgan fingerprint density at radius 1 is 0.619 bits per heavy atom. The molecule has 0 saturated heterocycles. The van der Waals surface area contributed by atoms with Gasteiger partial charge in [-0.05, 0) is 23.4 Å². The molecular formula is C13H6BF7. The number of benzene rings is 2. The highest BCUT2D eigenvalue weighted by atomic mass is 19.2. The molecule has 0 aliphatic rings. The minimum atomic E-state index is -1.92. The van der Waals surface area contributed by atoms with E-state index in [1.54, 1.807) is 0 Å². The van der Waals surface area contributed by atoms with E-state index in [4.69, 9.17) is 0 Å². The van der Waals surface area contributed by atoms with Crippen molar-refractivity contribution in [1.82, 2.24) is 0 Å². The van der Waals surface area contributed by atoms with Crippen molar-refractivity contribution in [3.8, 4) is 0 Å². The highest BCUT2D eigenvalue weighted by Crippen LogP contribution is 2.13. The van der Waals surface area contributed by atoms with Gasteiger partial charge in [-0.3, -0.25) is 0 Å². The van der Waals surface area contributed by atoms with Crippen LogP contribution in [0.4, 0.5) is 30.7 Å². The van der Waals surface area contributed by atoms with Gasteiger partial charge in [0.1, 0.15) is 11.6 Å².